The zero-order chi connectivity index (χ0) is 15.2. The van der Waals surface area contributed by atoms with Gasteiger partial charge in [0, 0.05) is 24.8 Å². The first-order chi connectivity index (χ1) is 10.6. The maximum atomic E-state index is 12.4. The number of aromatic nitrogens is 1. The van der Waals surface area contributed by atoms with Gasteiger partial charge in [-0.05, 0) is 43.9 Å². The summed E-state index contributed by atoms with van der Waals surface area (Å²) >= 11 is 0. The third-order valence-electron chi connectivity index (χ3n) is 4.43. The molecular weight excluding hydrogens is 282 g/mol. The molecule has 1 aromatic carbocycles. The summed E-state index contributed by atoms with van der Waals surface area (Å²) in [7, 11) is 0. The number of fused-ring (bicyclic) bond motifs is 1. The minimum Gasteiger partial charge on any atom is -0.440 e. The van der Waals surface area contributed by atoms with Crippen molar-refractivity contribution < 1.29 is 13.9 Å². The van der Waals surface area contributed by atoms with Crippen molar-refractivity contribution in [2.75, 3.05) is 18.5 Å². The molecule has 1 aliphatic heterocycles. The lowest BCUT2D eigenvalue weighted by Crippen LogP contribution is -2.54. The van der Waals surface area contributed by atoms with E-state index < -0.39 is 5.54 Å². The molecule has 0 bridgehead atoms. The standard InChI is InChI=1S/C16H19N3O3/c17-16(5-7-21-8-6-16)15(20)18-11-3-4-13-12(9-11)19-14(22-13)10-1-2-10/h3-4,9-10H,1-2,5-8,17H2,(H,18,20). The molecule has 0 spiro atoms. The highest BCUT2D eigenvalue weighted by atomic mass is 16.5. The SMILES string of the molecule is NC1(C(=O)Nc2ccc3oc(C4CC4)nc3c2)CCOCC1. The number of rotatable bonds is 3. The molecular formula is C16H19N3O3. The van der Waals surface area contributed by atoms with Crippen molar-refractivity contribution >= 4 is 22.7 Å². The molecule has 1 saturated carbocycles. The lowest BCUT2D eigenvalue weighted by atomic mass is 9.90. The molecule has 1 aliphatic carbocycles. The molecule has 2 fully saturated rings. The zero-order valence-corrected chi connectivity index (χ0v) is 12.3. The van der Waals surface area contributed by atoms with Gasteiger partial charge in [-0.15, -0.1) is 0 Å². The summed E-state index contributed by atoms with van der Waals surface area (Å²) in [5.74, 6) is 1.11. The lowest BCUT2D eigenvalue weighted by molar-refractivity contribution is -0.124. The molecule has 0 atom stereocenters. The van der Waals surface area contributed by atoms with E-state index in [0.29, 0.717) is 37.7 Å². The molecule has 1 aromatic heterocycles. The van der Waals surface area contributed by atoms with Crippen LogP contribution in [0.25, 0.3) is 11.1 Å². The van der Waals surface area contributed by atoms with Gasteiger partial charge in [0.2, 0.25) is 5.91 Å². The van der Waals surface area contributed by atoms with E-state index in [1.165, 1.54) is 0 Å². The van der Waals surface area contributed by atoms with Crippen LogP contribution in [-0.2, 0) is 9.53 Å². The summed E-state index contributed by atoms with van der Waals surface area (Å²) in [6.07, 6.45) is 3.37. The molecule has 0 radical (unpaired) electrons. The Balaban J connectivity index is 1.54. The van der Waals surface area contributed by atoms with Gasteiger partial charge >= 0.3 is 0 Å². The first kappa shape index (κ1) is 13.7. The molecule has 2 heterocycles. The summed E-state index contributed by atoms with van der Waals surface area (Å²) in [6.45, 7) is 1.05. The van der Waals surface area contributed by atoms with Crippen molar-refractivity contribution in [1.29, 1.82) is 0 Å². The van der Waals surface area contributed by atoms with E-state index in [0.717, 1.165) is 29.8 Å². The smallest absolute Gasteiger partial charge is 0.244 e. The van der Waals surface area contributed by atoms with Crippen LogP contribution in [0, 0.1) is 0 Å². The van der Waals surface area contributed by atoms with Gasteiger partial charge in [0.05, 0.1) is 0 Å². The summed E-state index contributed by atoms with van der Waals surface area (Å²) in [4.78, 5) is 16.9. The van der Waals surface area contributed by atoms with Crippen LogP contribution >= 0.6 is 0 Å². The average molecular weight is 301 g/mol. The van der Waals surface area contributed by atoms with E-state index in [1.807, 2.05) is 18.2 Å². The number of hydrogen-bond donors (Lipinski definition) is 2. The number of ether oxygens (including phenoxy) is 1. The van der Waals surface area contributed by atoms with Crippen LogP contribution < -0.4 is 11.1 Å². The molecule has 6 nitrogen and oxygen atoms in total. The van der Waals surface area contributed by atoms with E-state index >= 15 is 0 Å². The molecule has 4 rings (SSSR count). The van der Waals surface area contributed by atoms with Crippen LogP contribution in [0.4, 0.5) is 5.69 Å². The van der Waals surface area contributed by atoms with E-state index in [9.17, 15) is 4.79 Å². The first-order valence-electron chi connectivity index (χ1n) is 7.73. The molecule has 22 heavy (non-hydrogen) atoms. The Morgan fingerprint density at radius 2 is 2.09 bits per heavy atom. The van der Waals surface area contributed by atoms with Gasteiger partial charge in [0.1, 0.15) is 11.1 Å². The third-order valence-corrected chi connectivity index (χ3v) is 4.43. The summed E-state index contributed by atoms with van der Waals surface area (Å²) in [5, 5.41) is 2.90. The molecule has 0 unspecified atom stereocenters. The first-order valence-corrected chi connectivity index (χ1v) is 7.73. The minimum absolute atomic E-state index is 0.166. The number of amides is 1. The summed E-state index contributed by atoms with van der Waals surface area (Å²) < 4.78 is 11.0. The fraction of sp³-hybridized carbons (Fsp3) is 0.500. The Morgan fingerprint density at radius 1 is 1.32 bits per heavy atom. The quantitative estimate of drug-likeness (QED) is 0.906. The van der Waals surface area contributed by atoms with Crippen molar-refractivity contribution in [2.24, 2.45) is 5.73 Å². The van der Waals surface area contributed by atoms with Crippen LogP contribution in [0.1, 0.15) is 37.5 Å². The Labute approximate surface area is 128 Å². The lowest BCUT2D eigenvalue weighted by Gasteiger charge is -2.31. The van der Waals surface area contributed by atoms with Crippen molar-refractivity contribution in [3.05, 3.63) is 24.1 Å². The van der Waals surface area contributed by atoms with Gasteiger partial charge in [-0.3, -0.25) is 4.79 Å². The second-order valence-corrected chi connectivity index (χ2v) is 6.23. The number of nitrogens with two attached hydrogens (primary N) is 1. The van der Waals surface area contributed by atoms with Gasteiger partial charge in [-0.1, -0.05) is 0 Å². The Morgan fingerprint density at radius 3 is 2.82 bits per heavy atom. The summed E-state index contributed by atoms with van der Waals surface area (Å²) in [5.41, 5.74) is 7.57. The van der Waals surface area contributed by atoms with Gasteiger partial charge in [-0.25, -0.2) is 4.98 Å². The largest absolute Gasteiger partial charge is 0.440 e. The minimum atomic E-state index is -0.851. The number of hydrogen-bond acceptors (Lipinski definition) is 5. The highest BCUT2D eigenvalue weighted by Gasteiger charge is 2.36. The number of benzene rings is 1. The number of oxazole rings is 1. The van der Waals surface area contributed by atoms with E-state index in [-0.39, 0.29) is 5.91 Å². The van der Waals surface area contributed by atoms with Crippen LogP contribution in [0.15, 0.2) is 22.6 Å². The van der Waals surface area contributed by atoms with E-state index in [4.69, 9.17) is 14.9 Å². The second kappa shape index (κ2) is 5.07. The molecule has 116 valence electrons. The maximum Gasteiger partial charge on any atom is 0.244 e. The molecule has 2 aliphatic rings. The fourth-order valence-electron chi connectivity index (χ4n) is 2.75. The Bertz CT molecular complexity index is 714. The number of anilines is 1. The highest BCUT2D eigenvalue weighted by molar-refractivity contribution is 5.99. The van der Waals surface area contributed by atoms with Crippen molar-refractivity contribution in [2.45, 2.75) is 37.1 Å². The molecule has 1 saturated heterocycles. The topological polar surface area (TPSA) is 90.4 Å². The zero-order valence-electron chi connectivity index (χ0n) is 12.3. The Kier molecular flexibility index (Phi) is 3.16. The molecule has 3 N–H and O–H groups in total. The summed E-state index contributed by atoms with van der Waals surface area (Å²) in [6, 6.07) is 5.51. The van der Waals surface area contributed by atoms with Crippen LogP contribution in [0.3, 0.4) is 0 Å². The normalized spacial score (nSPS) is 21.0. The molecule has 2 aromatic rings. The van der Waals surface area contributed by atoms with Crippen molar-refractivity contribution in [3.63, 3.8) is 0 Å². The number of carbonyl (C=O) groups excluding carboxylic acids is 1. The van der Waals surface area contributed by atoms with E-state index in [2.05, 4.69) is 10.3 Å². The average Bonchev–Trinajstić information content (AvgIpc) is 3.28. The van der Waals surface area contributed by atoms with Gasteiger partial charge in [0.25, 0.3) is 0 Å². The molecule has 1 amide bonds. The van der Waals surface area contributed by atoms with Crippen molar-refractivity contribution in [3.8, 4) is 0 Å². The molecule has 6 heteroatoms. The van der Waals surface area contributed by atoms with Gasteiger partial charge in [0.15, 0.2) is 11.5 Å². The third kappa shape index (κ3) is 2.48. The number of nitrogens with one attached hydrogen (secondary N) is 1. The monoisotopic (exact) mass is 301 g/mol. The predicted molar refractivity (Wildman–Crippen MR) is 81.6 cm³/mol. The van der Waals surface area contributed by atoms with Gasteiger partial charge < -0.3 is 20.2 Å². The predicted octanol–water partition coefficient (Wildman–Crippen LogP) is 2.15. The maximum absolute atomic E-state index is 12.4. The van der Waals surface area contributed by atoms with Crippen LogP contribution in [-0.4, -0.2) is 29.6 Å². The number of nitrogens with zero attached hydrogens (tertiary/aromatic N) is 1. The van der Waals surface area contributed by atoms with Crippen molar-refractivity contribution in [1.82, 2.24) is 4.98 Å². The van der Waals surface area contributed by atoms with Crippen LogP contribution in [0.2, 0.25) is 0 Å². The van der Waals surface area contributed by atoms with E-state index in [1.54, 1.807) is 0 Å². The Hall–Kier alpha value is -1.92. The number of carbonyl (C=O) groups is 1. The van der Waals surface area contributed by atoms with Crippen LogP contribution in [0.5, 0.6) is 0 Å². The fourth-order valence-corrected chi connectivity index (χ4v) is 2.75. The highest BCUT2D eigenvalue weighted by Crippen LogP contribution is 2.40. The van der Waals surface area contributed by atoms with Gasteiger partial charge in [-0.2, -0.15) is 0 Å². The second-order valence-electron chi connectivity index (χ2n) is 6.23.